The number of aryl methyl sites for hydroxylation is 1. The van der Waals surface area contributed by atoms with E-state index in [2.05, 4.69) is 16.9 Å². The van der Waals surface area contributed by atoms with E-state index in [-0.39, 0.29) is 11.9 Å². The topological polar surface area (TPSA) is 72.1 Å². The molecule has 18 heavy (non-hydrogen) atoms. The van der Waals surface area contributed by atoms with Gasteiger partial charge in [0.05, 0.1) is 0 Å². The van der Waals surface area contributed by atoms with E-state index in [0.717, 1.165) is 38.1 Å². The van der Waals surface area contributed by atoms with Crippen LogP contribution in [0.2, 0.25) is 5.15 Å². The monoisotopic (exact) mass is 268 g/mol. The van der Waals surface area contributed by atoms with Gasteiger partial charge in [-0.15, -0.1) is 0 Å². The van der Waals surface area contributed by atoms with Crippen LogP contribution in [-0.4, -0.2) is 28.5 Å². The molecule has 0 spiro atoms. The number of carbonyl (C=O) groups is 1. The Labute approximate surface area is 111 Å². The number of primary amides is 1. The molecule has 1 unspecified atom stereocenters. The molecular weight excluding hydrogens is 252 g/mol. The zero-order valence-electron chi connectivity index (χ0n) is 10.4. The first-order chi connectivity index (χ1) is 8.61. The number of rotatable bonds is 4. The maximum atomic E-state index is 11.4. The van der Waals surface area contributed by atoms with Crippen molar-refractivity contribution in [2.75, 3.05) is 11.4 Å². The Morgan fingerprint density at radius 2 is 2.39 bits per heavy atom. The Bertz CT molecular complexity index is 452. The minimum absolute atomic E-state index is 0.273. The largest absolute Gasteiger partial charge is 0.368 e. The van der Waals surface area contributed by atoms with E-state index in [9.17, 15) is 4.79 Å². The molecule has 0 saturated carbocycles. The molecule has 1 fully saturated rings. The van der Waals surface area contributed by atoms with E-state index in [4.69, 9.17) is 17.3 Å². The van der Waals surface area contributed by atoms with Gasteiger partial charge in [-0.1, -0.05) is 18.5 Å². The number of halogens is 1. The highest BCUT2D eigenvalue weighted by Gasteiger charge is 2.30. The number of carbonyl (C=O) groups excluding carboxylic acids is 1. The molecular formula is C12H17ClN4O. The molecule has 98 valence electrons. The molecule has 0 aliphatic carbocycles. The molecule has 1 aliphatic rings. The van der Waals surface area contributed by atoms with E-state index >= 15 is 0 Å². The molecule has 1 atom stereocenters. The van der Waals surface area contributed by atoms with E-state index in [0.29, 0.717) is 11.0 Å². The highest BCUT2D eigenvalue weighted by atomic mass is 35.5. The quantitative estimate of drug-likeness (QED) is 0.841. The predicted molar refractivity (Wildman–Crippen MR) is 70.6 cm³/mol. The highest BCUT2D eigenvalue weighted by molar-refractivity contribution is 6.29. The minimum Gasteiger partial charge on any atom is -0.368 e. The SMILES string of the molecule is CCCc1nc(Cl)cc(N2CCCC2C(N)=O)n1. The fourth-order valence-electron chi connectivity index (χ4n) is 2.27. The molecule has 0 bridgehead atoms. The Morgan fingerprint density at radius 3 is 3.06 bits per heavy atom. The summed E-state index contributed by atoms with van der Waals surface area (Å²) in [6.45, 7) is 2.85. The number of anilines is 1. The van der Waals surface area contributed by atoms with E-state index in [1.54, 1.807) is 6.07 Å². The van der Waals surface area contributed by atoms with Gasteiger partial charge in [0.25, 0.3) is 0 Å². The number of aromatic nitrogens is 2. The molecule has 1 aromatic rings. The second-order valence-electron chi connectivity index (χ2n) is 4.47. The van der Waals surface area contributed by atoms with Crippen molar-refractivity contribution in [3.8, 4) is 0 Å². The summed E-state index contributed by atoms with van der Waals surface area (Å²) in [4.78, 5) is 21.9. The van der Waals surface area contributed by atoms with Crippen LogP contribution in [0.3, 0.4) is 0 Å². The summed E-state index contributed by atoms with van der Waals surface area (Å²) < 4.78 is 0. The Morgan fingerprint density at radius 1 is 1.61 bits per heavy atom. The molecule has 1 amide bonds. The van der Waals surface area contributed by atoms with Crippen LogP contribution >= 0.6 is 11.6 Å². The van der Waals surface area contributed by atoms with Crippen LogP contribution in [0.15, 0.2) is 6.07 Å². The number of nitrogens with zero attached hydrogens (tertiary/aromatic N) is 3. The molecule has 1 saturated heterocycles. The lowest BCUT2D eigenvalue weighted by Gasteiger charge is -2.23. The van der Waals surface area contributed by atoms with Gasteiger partial charge in [-0.3, -0.25) is 4.79 Å². The van der Waals surface area contributed by atoms with Gasteiger partial charge in [-0.25, -0.2) is 9.97 Å². The van der Waals surface area contributed by atoms with E-state index in [1.165, 1.54) is 0 Å². The average Bonchev–Trinajstić information content (AvgIpc) is 2.77. The first-order valence-electron chi connectivity index (χ1n) is 6.21. The summed E-state index contributed by atoms with van der Waals surface area (Å²) >= 11 is 6.00. The van der Waals surface area contributed by atoms with Crippen LogP contribution in [0.4, 0.5) is 5.82 Å². The number of nitrogens with two attached hydrogens (primary N) is 1. The lowest BCUT2D eigenvalue weighted by atomic mass is 10.2. The van der Waals surface area contributed by atoms with Gasteiger partial charge in [0, 0.05) is 19.0 Å². The third-order valence-corrected chi connectivity index (χ3v) is 3.27. The fraction of sp³-hybridized carbons (Fsp3) is 0.583. The third kappa shape index (κ3) is 2.72. The predicted octanol–water partition coefficient (Wildman–Crippen LogP) is 1.54. The van der Waals surface area contributed by atoms with Crippen molar-refractivity contribution in [1.29, 1.82) is 0 Å². The van der Waals surface area contributed by atoms with Gasteiger partial charge < -0.3 is 10.6 Å². The summed E-state index contributed by atoms with van der Waals surface area (Å²) in [7, 11) is 0. The van der Waals surface area contributed by atoms with Crippen molar-refractivity contribution < 1.29 is 4.79 Å². The van der Waals surface area contributed by atoms with Crippen LogP contribution in [0.5, 0.6) is 0 Å². The summed E-state index contributed by atoms with van der Waals surface area (Å²) in [5.74, 6) is 1.12. The maximum absolute atomic E-state index is 11.4. The first kappa shape index (κ1) is 13.1. The Kier molecular flexibility index (Phi) is 4.01. The van der Waals surface area contributed by atoms with Gasteiger partial charge in [-0.05, 0) is 19.3 Å². The summed E-state index contributed by atoms with van der Waals surface area (Å²) in [6.07, 6.45) is 3.46. The van der Waals surface area contributed by atoms with Crippen LogP contribution in [0, 0.1) is 0 Å². The zero-order chi connectivity index (χ0) is 13.1. The summed E-state index contributed by atoms with van der Waals surface area (Å²) in [5, 5.41) is 0.415. The normalized spacial score (nSPS) is 19.2. The van der Waals surface area contributed by atoms with Crippen molar-refractivity contribution in [2.45, 2.75) is 38.6 Å². The zero-order valence-corrected chi connectivity index (χ0v) is 11.2. The highest BCUT2D eigenvalue weighted by Crippen LogP contribution is 2.25. The molecule has 2 N–H and O–H groups in total. The smallest absolute Gasteiger partial charge is 0.240 e. The molecule has 0 aromatic carbocycles. The molecule has 2 heterocycles. The van der Waals surface area contributed by atoms with Gasteiger partial charge in [0.15, 0.2) is 0 Å². The lowest BCUT2D eigenvalue weighted by molar-refractivity contribution is -0.119. The molecule has 5 nitrogen and oxygen atoms in total. The van der Waals surface area contributed by atoms with Crippen molar-refractivity contribution in [2.24, 2.45) is 5.73 Å². The van der Waals surface area contributed by atoms with Gasteiger partial charge in [-0.2, -0.15) is 0 Å². The number of hydrogen-bond acceptors (Lipinski definition) is 4. The average molecular weight is 269 g/mol. The molecule has 6 heteroatoms. The number of hydrogen-bond donors (Lipinski definition) is 1. The van der Waals surface area contributed by atoms with Crippen molar-refractivity contribution >= 4 is 23.3 Å². The van der Waals surface area contributed by atoms with Crippen LogP contribution in [0.25, 0.3) is 0 Å². The fourth-order valence-corrected chi connectivity index (χ4v) is 2.47. The van der Waals surface area contributed by atoms with Gasteiger partial charge in [0.2, 0.25) is 5.91 Å². The van der Waals surface area contributed by atoms with Crippen LogP contribution < -0.4 is 10.6 Å². The summed E-state index contributed by atoms with van der Waals surface area (Å²) in [5.41, 5.74) is 5.40. The van der Waals surface area contributed by atoms with Crippen molar-refractivity contribution in [1.82, 2.24) is 9.97 Å². The molecule has 2 rings (SSSR count). The first-order valence-corrected chi connectivity index (χ1v) is 6.59. The standard InChI is InChI=1S/C12H17ClN4O/c1-2-4-10-15-9(13)7-11(16-10)17-6-3-5-8(17)12(14)18/h7-8H,2-6H2,1H3,(H2,14,18). The Hall–Kier alpha value is -1.36. The maximum Gasteiger partial charge on any atom is 0.240 e. The molecule has 1 aromatic heterocycles. The molecule has 0 radical (unpaired) electrons. The van der Waals surface area contributed by atoms with E-state index < -0.39 is 0 Å². The van der Waals surface area contributed by atoms with Crippen molar-refractivity contribution in [3.63, 3.8) is 0 Å². The van der Waals surface area contributed by atoms with Gasteiger partial charge >= 0.3 is 0 Å². The third-order valence-electron chi connectivity index (χ3n) is 3.08. The van der Waals surface area contributed by atoms with Crippen LogP contribution in [0.1, 0.15) is 32.0 Å². The summed E-state index contributed by atoms with van der Waals surface area (Å²) in [6, 6.07) is 1.42. The van der Waals surface area contributed by atoms with Crippen molar-refractivity contribution in [3.05, 3.63) is 17.0 Å². The van der Waals surface area contributed by atoms with Gasteiger partial charge in [0.1, 0.15) is 22.8 Å². The number of amides is 1. The lowest BCUT2D eigenvalue weighted by Crippen LogP contribution is -2.40. The molecule has 1 aliphatic heterocycles. The Balaban J connectivity index is 2.29. The minimum atomic E-state index is -0.306. The second kappa shape index (κ2) is 5.52. The van der Waals surface area contributed by atoms with E-state index in [1.807, 2.05) is 4.90 Å². The van der Waals surface area contributed by atoms with Crippen LogP contribution in [-0.2, 0) is 11.2 Å². The second-order valence-corrected chi connectivity index (χ2v) is 4.86.